The van der Waals surface area contributed by atoms with Crippen LogP contribution in [0.15, 0.2) is 34.4 Å². The first-order valence-corrected chi connectivity index (χ1v) is 11.3. The molecule has 4 rings (SSSR count). The fourth-order valence-electron chi connectivity index (χ4n) is 3.35. The van der Waals surface area contributed by atoms with E-state index in [1.54, 1.807) is 12.5 Å². The molecule has 3 heterocycles. The summed E-state index contributed by atoms with van der Waals surface area (Å²) in [5.74, 6) is 0.175. The van der Waals surface area contributed by atoms with E-state index < -0.39 is 11.5 Å². The van der Waals surface area contributed by atoms with Gasteiger partial charge in [-0.1, -0.05) is 12.1 Å². The first kappa shape index (κ1) is 23.3. The zero-order valence-electron chi connectivity index (χ0n) is 18.0. The van der Waals surface area contributed by atoms with E-state index >= 15 is 0 Å². The topological polar surface area (TPSA) is 132 Å². The third-order valence-electron chi connectivity index (χ3n) is 5.12. The highest BCUT2D eigenvalue weighted by atomic mass is 32.1. The maximum Gasteiger partial charge on any atom is 0.287 e. The molecule has 0 bridgehead atoms. The van der Waals surface area contributed by atoms with Gasteiger partial charge < -0.3 is 34.4 Å². The molecule has 1 amide bonds. The van der Waals surface area contributed by atoms with Gasteiger partial charge in [-0.15, -0.1) is 11.3 Å². The summed E-state index contributed by atoms with van der Waals surface area (Å²) in [4.78, 5) is 32.6. The number of aromatic nitrogens is 2. The quantitative estimate of drug-likeness (QED) is 0.421. The van der Waals surface area contributed by atoms with Gasteiger partial charge in [-0.2, -0.15) is 0 Å². The second kappa shape index (κ2) is 10.9. The standard InChI is InChI=1S/C22H25N3O7S/c1-29-15-4-2-3-13(5-15)6-23-21(28)19-24-20(27)18-14(12-33-22(18)25-19)8-30-9-17-11-31-16(7-26)10-32-17/h2-5,12,16-17,26H,6-11H2,1H3,(H,23,28)(H,24,25,27). The predicted octanol–water partition coefficient (Wildman–Crippen LogP) is 1.22. The second-order valence-electron chi connectivity index (χ2n) is 7.50. The van der Waals surface area contributed by atoms with Crippen LogP contribution in [0.2, 0.25) is 0 Å². The number of ether oxygens (including phenoxy) is 4. The molecule has 10 nitrogen and oxygen atoms in total. The van der Waals surface area contributed by atoms with Crippen molar-refractivity contribution in [3.05, 3.63) is 57.0 Å². The molecule has 176 valence electrons. The normalized spacial score (nSPS) is 18.4. The number of fused-ring (bicyclic) bond motifs is 1. The lowest BCUT2D eigenvalue weighted by Crippen LogP contribution is -2.39. The SMILES string of the molecule is COc1cccc(CNC(=O)c2nc3scc(COCC4COC(CO)CO4)c3c(=O)[nH]2)c1. The van der Waals surface area contributed by atoms with Crippen LogP contribution in [-0.4, -0.2) is 66.7 Å². The van der Waals surface area contributed by atoms with Crippen molar-refractivity contribution in [2.45, 2.75) is 25.4 Å². The van der Waals surface area contributed by atoms with Crippen LogP contribution in [0.3, 0.4) is 0 Å². The number of carbonyl (C=O) groups excluding carboxylic acids is 1. The van der Waals surface area contributed by atoms with Gasteiger partial charge in [0.2, 0.25) is 5.82 Å². The Morgan fingerprint density at radius 1 is 1.33 bits per heavy atom. The van der Waals surface area contributed by atoms with Gasteiger partial charge >= 0.3 is 0 Å². The minimum Gasteiger partial charge on any atom is -0.497 e. The van der Waals surface area contributed by atoms with Crippen LogP contribution in [0, 0.1) is 0 Å². The summed E-state index contributed by atoms with van der Waals surface area (Å²) in [5.41, 5.74) is 1.16. The van der Waals surface area contributed by atoms with Gasteiger partial charge in [-0.05, 0) is 23.1 Å². The second-order valence-corrected chi connectivity index (χ2v) is 8.36. The highest BCUT2D eigenvalue weighted by Gasteiger charge is 2.22. The van der Waals surface area contributed by atoms with E-state index in [0.717, 1.165) is 5.56 Å². The number of nitrogens with one attached hydrogen (secondary N) is 2. The highest BCUT2D eigenvalue weighted by molar-refractivity contribution is 7.16. The Labute approximate surface area is 193 Å². The molecule has 0 saturated carbocycles. The zero-order valence-corrected chi connectivity index (χ0v) is 18.9. The van der Waals surface area contributed by atoms with Crippen molar-refractivity contribution < 1.29 is 28.8 Å². The molecule has 2 atom stereocenters. The van der Waals surface area contributed by atoms with E-state index in [1.807, 2.05) is 24.3 Å². The van der Waals surface area contributed by atoms with E-state index in [2.05, 4.69) is 15.3 Å². The maximum absolute atomic E-state index is 12.7. The predicted molar refractivity (Wildman–Crippen MR) is 121 cm³/mol. The van der Waals surface area contributed by atoms with E-state index in [9.17, 15) is 9.59 Å². The maximum atomic E-state index is 12.7. The lowest BCUT2D eigenvalue weighted by atomic mass is 10.2. The third-order valence-corrected chi connectivity index (χ3v) is 6.04. The van der Waals surface area contributed by atoms with Crippen molar-refractivity contribution in [1.82, 2.24) is 15.3 Å². The summed E-state index contributed by atoms with van der Waals surface area (Å²) in [6.07, 6.45) is -0.525. The van der Waals surface area contributed by atoms with E-state index in [4.69, 9.17) is 24.1 Å². The zero-order chi connectivity index (χ0) is 23.2. The van der Waals surface area contributed by atoms with Crippen molar-refractivity contribution in [3.8, 4) is 5.75 Å². The Bertz CT molecular complexity index is 1150. The molecule has 0 spiro atoms. The molecule has 1 saturated heterocycles. The van der Waals surface area contributed by atoms with Gasteiger partial charge in [0.15, 0.2) is 0 Å². The van der Waals surface area contributed by atoms with Crippen LogP contribution >= 0.6 is 11.3 Å². The third kappa shape index (κ3) is 5.75. The smallest absolute Gasteiger partial charge is 0.287 e. The first-order valence-electron chi connectivity index (χ1n) is 10.4. The molecule has 3 aromatic rings. The largest absolute Gasteiger partial charge is 0.497 e. The van der Waals surface area contributed by atoms with Crippen LogP contribution in [-0.2, 0) is 27.4 Å². The molecule has 2 aromatic heterocycles. The number of aliphatic hydroxyl groups is 1. The summed E-state index contributed by atoms with van der Waals surface area (Å²) in [5, 5.41) is 14.0. The summed E-state index contributed by atoms with van der Waals surface area (Å²) >= 11 is 1.28. The Kier molecular flexibility index (Phi) is 7.68. The summed E-state index contributed by atoms with van der Waals surface area (Å²) in [6.45, 7) is 1.35. The molecule has 3 N–H and O–H groups in total. The average molecular weight is 476 g/mol. The van der Waals surface area contributed by atoms with Crippen LogP contribution < -0.4 is 15.6 Å². The lowest BCUT2D eigenvalue weighted by Gasteiger charge is -2.28. The number of aliphatic hydroxyl groups excluding tert-OH is 1. The van der Waals surface area contributed by atoms with Crippen LogP contribution in [0.5, 0.6) is 5.75 Å². The molecule has 1 aliphatic rings. The summed E-state index contributed by atoms with van der Waals surface area (Å²) < 4.78 is 21.9. The Morgan fingerprint density at radius 2 is 2.15 bits per heavy atom. The molecule has 33 heavy (non-hydrogen) atoms. The van der Waals surface area contributed by atoms with Gasteiger partial charge in [0, 0.05) is 12.1 Å². The number of aromatic amines is 1. The first-order chi connectivity index (χ1) is 16.1. The van der Waals surface area contributed by atoms with E-state index in [1.165, 1.54) is 11.3 Å². The number of rotatable bonds is 9. The Morgan fingerprint density at radius 3 is 2.91 bits per heavy atom. The molecule has 1 aliphatic heterocycles. The molecule has 1 aromatic carbocycles. The minimum absolute atomic E-state index is 0.0455. The molecule has 2 unspecified atom stereocenters. The molecule has 0 aliphatic carbocycles. The van der Waals surface area contributed by atoms with Gasteiger partial charge in [-0.3, -0.25) is 9.59 Å². The highest BCUT2D eigenvalue weighted by Crippen LogP contribution is 2.22. The molecular formula is C22H25N3O7S. The van der Waals surface area contributed by atoms with Gasteiger partial charge in [0.05, 0.1) is 45.5 Å². The van der Waals surface area contributed by atoms with Crippen molar-refractivity contribution in [3.63, 3.8) is 0 Å². The molecule has 0 radical (unpaired) electrons. The summed E-state index contributed by atoms with van der Waals surface area (Å²) in [7, 11) is 1.58. The molecule has 11 heteroatoms. The number of thiophene rings is 1. The fourth-order valence-corrected chi connectivity index (χ4v) is 4.28. The van der Waals surface area contributed by atoms with E-state index in [0.29, 0.717) is 41.4 Å². The lowest BCUT2D eigenvalue weighted by molar-refractivity contribution is -0.162. The number of H-pyrrole nitrogens is 1. The number of amides is 1. The monoisotopic (exact) mass is 475 g/mol. The number of hydrogen-bond donors (Lipinski definition) is 3. The minimum atomic E-state index is -0.473. The van der Waals surface area contributed by atoms with Crippen LogP contribution in [0.25, 0.3) is 10.2 Å². The van der Waals surface area contributed by atoms with Crippen molar-refractivity contribution in [2.75, 3.05) is 33.5 Å². The number of nitrogens with zero attached hydrogens (tertiary/aromatic N) is 1. The Hall–Kier alpha value is -2.83. The number of hydrogen-bond acceptors (Lipinski definition) is 9. The van der Waals surface area contributed by atoms with Crippen LogP contribution in [0.4, 0.5) is 0 Å². The van der Waals surface area contributed by atoms with Gasteiger partial charge in [0.1, 0.15) is 22.8 Å². The Balaban J connectivity index is 1.36. The average Bonchev–Trinajstić information content (AvgIpc) is 3.26. The van der Waals surface area contributed by atoms with Crippen molar-refractivity contribution in [1.29, 1.82) is 0 Å². The number of carbonyl (C=O) groups is 1. The fraction of sp³-hybridized carbons (Fsp3) is 0.409. The van der Waals surface area contributed by atoms with Crippen molar-refractivity contribution >= 4 is 27.5 Å². The molecule has 1 fully saturated rings. The molecular weight excluding hydrogens is 450 g/mol. The van der Waals surface area contributed by atoms with Gasteiger partial charge in [-0.25, -0.2) is 4.98 Å². The number of methoxy groups -OCH3 is 1. The summed E-state index contributed by atoms with van der Waals surface area (Å²) in [6, 6.07) is 7.34. The van der Waals surface area contributed by atoms with Crippen molar-refractivity contribution in [2.24, 2.45) is 0 Å². The van der Waals surface area contributed by atoms with Crippen LogP contribution in [0.1, 0.15) is 21.7 Å². The van der Waals surface area contributed by atoms with Gasteiger partial charge in [0.25, 0.3) is 11.5 Å². The number of benzene rings is 1. The van der Waals surface area contributed by atoms with E-state index in [-0.39, 0.29) is 37.8 Å².